The Hall–Kier alpha value is -4.04. The number of ether oxygens (including phenoxy) is 1. The van der Waals surface area contributed by atoms with E-state index in [-0.39, 0.29) is 40.3 Å². The number of aromatic nitrogens is 3. The van der Waals surface area contributed by atoms with Crippen LogP contribution in [0.2, 0.25) is 5.02 Å². The monoisotopic (exact) mass is 573 g/mol. The Morgan fingerprint density at radius 3 is 2.51 bits per heavy atom. The molecule has 0 saturated heterocycles. The quantitative estimate of drug-likeness (QED) is 0.193. The number of carbonyl (C=O) groups is 1. The molecule has 4 rings (SSSR count). The van der Waals surface area contributed by atoms with Gasteiger partial charge in [0.25, 0.3) is 5.56 Å². The molecule has 0 bridgehead atoms. The average molecular weight is 574 g/mol. The van der Waals surface area contributed by atoms with Crippen molar-refractivity contribution >= 4 is 38.4 Å². The highest BCUT2D eigenvalue weighted by molar-refractivity contribution is 7.89. The van der Waals surface area contributed by atoms with Gasteiger partial charge in [-0.1, -0.05) is 23.7 Å². The van der Waals surface area contributed by atoms with Crippen LogP contribution in [-0.4, -0.2) is 33.7 Å². The van der Waals surface area contributed by atoms with Crippen LogP contribution in [0.4, 0.5) is 0 Å². The average Bonchev–Trinajstić information content (AvgIpc) is 2.92. The van der Waals surface area contributed by atoms with Crippen molar-refractivity contribution in [2.45, 2.75) is 30.3 Å². The fraction of sp³-hybridized carbons (Fsp3) is 0.200. The molecule has 0 fully saturated rings. The number of hydrogen-bond donors (Lipinski definition) is 3. The zero-order valence-electron chi connectivity index (χ0n) is 20.6. The number of rotatable bonds is 10. The summed E-state index contributed by atoms with van der Waals surface area (Å²) in [6.07, 6.45) is 1.42. The highest BCUT2D eigenvalue weighted by Crippen LogP contribution is 2.30. The van der Waals surface area contributed by atoms with Gasteiger partial charge in [-0.2, -0.15) is 4.72 Å². The van der Waals surface area contributed by atoms with Crippen molar-refractivity contribution in [2.75, 3.05) is 0 Å². The van der Waals surface area contributed by atoms with Crippen molar-refractivity contribution < 1.29 is 23.2 Å². The first-order valence-electron chi connectivity index (χ1n) is 11.7. The summed E-state index contributed by atoms with van der Waals surface area (Å²) in [5.74, 6) is 0.0350. The zero-order valence-corrected chi connectivity index (χ0v) is 22.1. The normalized spacial score (nSPS) is 12.3. The Bertz CT molecular complexity index is 1740. The number of carbonyl (C=O) groups excluding carboxylic acids is 1. The van der Waals surface area contributed by atoms with Crippen LogP contribution < -0.4 is 26.2 Å². The van der Waals surface area contributed by atoms with Gasteiger partial charge >= 0.3 is 5.69 Å². The number of amides is 1. The minimum Gasteiger partial charge on any atom is -0.457 e. The number of pyridine rings is 1. The summed E-state index contributed by atoms with van der Waals surface area (Å²) in [5, 5.41) is 8.83. The van der Waals surface area contributed by atoms with Crippen LogP contribution in [0.3, 0.4) is 0 Å². The third-order valence-electron chi connectivity index (χ3n) is 5.89. The SMILES string of the molecule is Cn1c(=O)n(C(CCCC(=O)NO)NS(=O)(=O)c2ccc(Oc3ccncc3)cc2Cl)c(=O)c2ccccc21. The largest absolute Gasteiger partial charge is 0.457 e. The molecule has 3 N–H and O–H groups in total. The van der Waals surface area contributed by atoms with Gasteiger partial charge in [0, 0.05) is 31.9 Å². The minimum absolute atomic E-state index is 0.0362. The molecule has 12 nitrogen and oxygen atoms in total. The lowest BCUT2D eigenvalue weighted by Gasteiger charge is -2.22. The van der Waals surface area contributed by atoms with Crippen LogP contribution in [0.5, 0.6) is 11.5 Å². The fourth-order valence-electron chi connectivity index (χ4n) is 4.00. The number of fused-ring (bicyclic) bond motifs is 1. The molecule has 4 aromatic rings. The lowest BCUT2D eigenvalue weighted by molar-refractivity contribution is -0.129. The number of benzene rings is 2. The highest BCUT2D eigenvalue weighted by Gasteiger charge is 2.27. The molecule has 1 amide bonds. The first-order chi connectivity index (χ1) is 18.6. The van der Waals surface area contributed by atoms with E-state index in [4.69, 9.17) is 21.5 Å². The lowest BCUT2D eigenvalue weighted by atomic mass is 10.2. The van der Waals surface area contributed by atoms with Gasteiger partial charge in [0.05, 0.1) is 15.9 Å². The van der Waals surface area contributed by atoms with Crippen molar-refractivity contribution in [3.63, 3.8) is 0 Å². The Kier molecular flexibility index (Phi) is 8.45. The van der Waals surface area contributed by atoms with Crippen molar-refractivity contribution in [3.05, 3.63) is 92.9 Å². The fourth-order valence-corrected chi connectivity index (χ4v) is 5.75. The number of nitrogens with one attached hydrogen (secondary N) is 2. The van der Waals surface area contributed by atoms with Gasteiger partial charge in [0.15, 0.2) is 0 Å². The Labute approximate surface area is 227 Å². The van der Waals surface area contributed by atoms with Crippen molar-refractivity contribution in [3.8, 4) is 11.5 Å². The number of halogens is 1. The number of para-hydroxylation sites is 1. The number of aryl methyl sites for hydroxylation is 1. The van der Waals surface area contributed by atoms with E-state index in [1.165, 1.54) is 53.8 Å². The van der Waals surface area contributed by atoms with Crippen LogP contribution in [0.1, 0.15) is 25.4 Å². The number of sulfonamides is 1. The van der Waals surface area contributed by atoms with E-state index in [9.17, 15) is 22.8 Å². The zero-order chi connectivity index (χ0) is 28.2. The molecule has 1 unspecified atom stereocenters. The molecule has 0 saturated carbocycles. The molecular weight excluding hydrogens is 550 g/mol. The summed E-state index contributed by atoms with van der Waals surface area (Å²) < 4.78 is 37.0. The smallest absolute Gasteiger partial charge is 0.332 e. The van der Waals surface area contributed by atoms with Gasteiger partial charge in [-0.25, -0.2) is 23.3 Å². The summed E-state index contributed by atoms with van der Waals surface area (Å²) in [6, 6.07) is 13.6. The molecule has 14 heteroatoms. The first-order valence-corrected chi connectivity index (χ1v) is 13.5. The number of hydrogen-bond acceptors (Lipinski definition) is 8. The summed E-state index contributed by atoms with van der Waals surface area (Å²) >= 11 is 6.31. The summed E-state index contributed by atoms with van der Waals surface area (Å²) in [7, 11) is -2.93. The molecule has 0 aliphatic heterocycles. The van der Waals surface area contributed by atoms with E-state index in [1.807, 2.05) is 0 Å². The Balaban J connectivity index is 1.71. The molecule has 0 spiro atoms. The van der Waals surface area contributed by atoms with Crippen LogP contribution in [0, 0.1) is 0 Å². The molecule has 1 atom stereocenters. The van der Waals surface area contributed by atoms with E-state index >= 15 is 0 Å². The molecule has 0 aliphatic carbocycles. The van der Waals surface area contributed by atoms with E-state index in [1.54, 1.807) is 30.3 Å². The van der Waals surface area contributed by atoms with Gasteiger partial charge in [-0.05, 0) is 49.2 Å². The number of hydroxylamine groups is 1. The molecule has 204 valence electrons. The van der Waals surface area contributed by atoms with E-state index in [0.717, 1.165) is 4.57 Å². The molecular formula is C25H24ClN5O7S. The van der Waals surface area contributed by atoms with Crippen LogP contribution in [-0.2, 0) is 21.9 Å². The molecule has 2 aromatic carbocycles. The van der Waals surface area contributed by atoms with Gasteiger partial charge in [0.2, 0.25) is 15.9 Å². The van der Waals surface area contributed by atoms with Gasteiger partial charge in [-0.3, -0.25) is 24.3 Å². The van der Waals surface area contributed by atoms with Gasteiger partial charge in [0.1, 0.15) is 22.6 Å². The third kappa shape index (κ3) is 6.17. The molecule has 39 heavy (non-hydrogen) atoms. The van der Waals surface area contributed by atoms with E-state index in [0.29, 0.717) is 11.3 Å². The standard InChI is InChI=1S/C25H24ClN5O7S/c1-30-20-6-3-2-5-18(20)24(33)31(25(30)34)22(7-4-8-23(32)28-35)29-39(36,37)21-10-9-17(15-19(21)26)38-16-11-13-27-14-12-16/h2-3,5-6,9-15,22,29,35H,4,7-8H2,1H3,(H,28,32). The maximum absolute atomic E-state index is 13.4. The second-order valence-electron chi connectivity index (χ2n) is 8.48. The summed E-state index contributed by atoms with van der Waals surface area (Å²) in [4.78, 5) is 41.7. The van der Waals surface area contributed by atoms with E-state index in [2.05, 4.69) is 9.71 Å². The van der Waals surface area contributed by atoms with Crippen molar-refractivity contribution in [2.24, 2.45) is 7.05 Å². The first kappa shape index (κ1) is 28.0. The number of nitrogens with zero attached hydrogens (tertiary/aromatic N) is 3. The van der Waals surface area contributed by atoms with Crippen molar-refractivity contribution in [1.29, 1.82) is 0 Å². The maximum atomic E-state index is 13.4. The maximum Gasteiger partial charge on any atom is 0.332 e. The Morgan fingerprint density at radius 2 is 1.82 bits per heavy atom. The van der Waals surface area contributed by atoms with Gasteiger partial charge in [-0.15, -0.1) is 0 Å². The van der Waals surface area contributed by atoms with E-state index < -0.39 is 33.3 Å². The molecule has 0 radical (unpaired) electrons. The molecule has 2 aromatic heterocycles. The minimum atomic E-state index is -4.39. The van der Waals surface area contributed by atoms with Crippen molar-refractivity contribution in [1.82, 2.24) is 24.3 Å². The van der Waals surface area contributed by atoms with Gasteiger partial charge < -0.3 is 4.74 Å². The summed E-state index contributed by atoms with van der Waals surface area (Å²) in [5.41, 5.74) is 0.400. The Morgan fingerprint density at radius 1 is 1.10 bits per heavy atom. The van der Waals surface area contributed by atoms with Crippen LogP contribution >= 0.6 is 11.6 Å². The van der Waals surface area contributed by atoms with Crippen LogP contribution in [0.15, 0.2) is 81.5 Å². The second kappa shape index (κ2) is 11.8. The topological polar surface area (TPSA) is 162 Å². The molecule has 2 heterocycles. The molecule has 0 aliphatic rings. The summed E-state index contributed by atoms with van der Waals surface area (Å²) in [6.45, 7) is 0. The predicted molar refractivity (Wildman–Crippen MR) is 142 cm³/mol. The lowest BCUT2D eigenvalue weighted by Crippen LogP contribution is -2.47. The predicted octanol–water partition coefficient (Wildman–Crippen LogP) is 2.69. The second-order valence-corrected chi connectivity index (χ2v) is 10.6. The third-order valence-corrected chi connectivity index (χ3v) is 7.84. The highest BCUT2D eigenvalue weighted by atomic mass is 35.5. The van der Waals surface area contributed by atoms with Crippen LogP contribution in [0.25, 0.3) is 10.9 Å².